The molecule has 2 aromatic carbocycles. The maximum absolute atomic E-state index is 13.4. The number of hydrogen-bond donors (Lipinski definition) is 0. The van der Waals surface area contributed by atoms with Crippen molar-refractivity contribution < 1.29 is 12.8 Å². The molecule has 0 aliphatic carbocycles. The van der Waals surface area contributed by atoms with E-state index < -0.39 is 10.0 Å². The van der Waals surface area contributed by atoms with Gasteiger partial charge in [-0.05, 0) is 36.8 Å². The van der Waals surface area contributed by atoms with Gasteiger partial charge in [-0.1, -0.05) is 48.0 Å². The van der Waals surface area contributed by atoms with Gasteiger partial charge in [0, 0.05) is 6.20 Å². The Bertz CT molecular complexity index is 1170. The molecule has 0 unspecified atom stereocenters. The molecular formula is C22H21N3O3S. The highest BCUT2D eigenvalue weighted by Gasteiger charge is 2.27. The normalized spacial score (nSPS) is 11.5. The molecule has 4 rings (SSSR count). The van der Waals surface area contributed by atoms with Gasteiger partial charge < -0.3 is 4.42 Å². The Balaban J connectivity index is 1.66. The van der Waals surface area contributed by atoms with Crippen molar-refractivity contribution in [3.05, 3.63) is 102 Å². The lowest BCUT2D eigenvalue weighted by Gasteiger charge is -2.23. The molecule has 0 aliphatic heterocycles. The number of rotatable bonds is 7. The summed E-state index contributed by atoms with van der Waals surface area (Å²) in [5.74, 6) is 0.561. The second-order valence-corrected chi connectivity index (χ2v) is 8.65. The Kier molecular flexibility index (Phi) is 5.22. The molecule has 148 valence electrons. The van der Waals surface area contributed by atoms with Gasteiger partial charge >= 0.3 is 0 Å². The van der Waals surface area contributed by atoms with E-state index in [9.17, 15) is 8.42 Å². The molecule has 0 spiro atoms. The molecule has 0 radical (unpaired) electrons. The summed E-state index contributed by atoms with van der Waals surface area (Å²) in [6, 6.07) is 20.7. The van der Waals surface area contributed by atoms with E-state index in [1.807, 2.05) is 49.4 Å². The van der Waals surface area contributed by atoms with Gasteiger partial charge in [-0.25, -0.2) is 8.42 Å². The van der Waals surface area contributed by atoms with Gasteiger partial charge in [-0.3, -0.25) is 8.99 Å². The predicted octanol–water partition coefficient (Wildman–Crippen LogP) is 4.23. The van der Waals surface area contributed by atoms with Crippen LogP contribution in [0.2, 0.25) is 0 Å². The molecule has 2 heterocycles. The number of aromatic nitrogens is 2. The second kappa shape index (κ2) is 7.97. The molecule has 0 N–H and O–H groups in total. The summed E-state index contributed by atoms with van der Waals surface area (Å²) in [7, 11) is -3.82. The van der Waals surface area contributed by atoms with Gasteiger partial charge in [0.15, 0.2) is 0 Å². The summed E-state index contributed by atoms with van der Waals surface area (Å²) >= 11 is 0. The van der Waals surface area contributed by atoms with Crippen LogP contribution < -0.4 is 4.31 Å². The fraction of sp³-hybridized carbons (Fsp3) is 0.136. The van der Waals surface area contributed by atoms with Crippen LogP contribution in [0.25, 0.3) is 0 Å². The number of anilines is 1. The van der Waals surface area contributed by atoms with Gasteiger partial charge in [-0.2, -0.15) is 5.10 Å². The number of nitrogens with zero attached hydrogens (tertiary/aromatic N) is 3. The number of hydrogen-bond acceptors (Lipinski definition) is 4. The molecular weight excluding hydrogens is 386 g/mol. The van der Waals surface area contributed by atoms with Crippen LogP contribution in [0.1, 0.15) is 16.9 Å². The quantitative estimate of drug-likeness (QED) is 0.460. The monoisotopic (exact) mass is 407 g/mol. The standard InChI is InChI=1S/C22H21N3O3S/c1-18-9-11-20(12-10-18)25(16-21-8-5-13-28-21)29(26,27)22-14-23-24(17-22)15-19-6-3-2-4-7-19/h2-14,17H,15-16H2,1H3. The van der Waals surface area contributed by atoms with Gasteiger partial charge in [0.2, 0.25) is 0 Å². The summed E-state index contributed by atoms with van der Waals surface area (Å²) in [5.41, 5.74) is 2.67. The maximum atomic E-state index is 13.4. The van der Waals surface area contributed by atoms with Gasteiger partial charge in [0.1, 0.15) is 10.7 Å². The molecule has 6 nitrogen and oxygen atoms in total. The van der Waals surface area contributed by atoms with E-state index in [-0.39, 0.29) is 11.4 Å². The van der Waals surface area contributed by atoms with E-state index >= 15 is 0 Å². The number of furan rings is 1. The van der Waals surface area contributed by atoms with Crippen molar-refractivity contribution in [2.75, 3.05) is 4.31 Å². The summed E-state index contributed by atoms with van der Waals surface area (Å²) < 4.78 is 35.2. The van der Waals surface area contributed by atoms with E-state index in [1.54, 1.807) is 35.1 Å². The molecule has 0 amide bonds. The van der Waals surface area contributed by atoms with Crippen molar-refractivity contribution in [3.8, 4) is 0 Å². The minimum Gasteiger partial charge on any atom is -0.467 e. The minimum atomic E-state index is -3.82. The smallest absolute Gasteiger partial charge is 0.267 e. The molecule has 29 heavy (non-hydrogen) atoms. The van der Waals surface area contributed by atoms with Crippen LogP contribution in [0.5, 0.6) is 0 Å². The molecule has 0 saturated heterocycles. The lowest BCUT2D eigenvalue weighted by molar-refractivity contribution is 0.508. The van der Waals surface area contributed by atoms with Gasteiger partial charge in [0.25, 0.3) is 10.0 Å². The predicted molar refractivity (Wildman–Crippen MR) is 111 cm³/mol. The number of sulfonamides is 1. The van der Waals surface area contributed by atoms with Crippen LogP contribution in [0.3, 0.4) is 0 Å². The first-order valence-electron chi connectivity index (χ1n) is 9.20. The van der Waals surface area contributed by atoms with E-state index in [0.717, 1.165) is 11.1 Å². The average Bonchev–Trinajstić information content (AvgIpc) is 3.40. The highest BCUT2D eigenvalue weighted by molar-refractivity contribution is 7.92. The fourth-order valence-corrected chi connectivity index (χ4v) is 4.42. The third-order valence-corrected chi connectivity index (χ3v) is 6.31. The topological polar surface area (TPSA) is 68.3 Å². The summed E-state index contributed by atoms with van der Waals surface area (Å²) in [4.78, 5) is 0.139. The molecule has 0 atom stereocenters. The van der Waals surface area contributed by atoms with Crippen LogP contribution >= 0.6 is 0 Å². The Labute approximate surface area is 170 Å². The highest BCUT2D eigenvalue weighted by Crippen LogP contribution is 2.26. The molecule has 0 aliphatic rings. The van der Waals surface area contributed by atoms with Gasteiger partial charge in [-0.15, -0.1) is 0 Å². The molecule has 7 heteroatoms. The average molecular weight is 407 g/mol. The van der Waals surface area contributed by atoms with Crippen molar-refractivity contribution in [3.63, 3.8) is 0 Å². The van der Waals surface area contributed by atoms with Crippen molar-refractivity contribution >= 4 is 15.7 Å². The number of aryl methyl sites for hydroxylation is 1. The zero-order valence-corrected chi connectivity index (χ0v) is 16.8. The molecule has 4 aromatic rings. The Morgan fingerprint density at radius 2 is 1.76 bits per heavy atom. The van der Waals surface area contributed by atoms with Crippen molar-refractivity contribution in [1.29, 1.82) is 0 Å². The van der Waals surface area contributed by atoms with E-state index in [1.165, 1.54) is 16.8 Å². The lowest BCUT2D eigenvalue weighted by Crippen LogP contribution is -2.30. The molecule has 0 saturated carbocycles. The Morgan fingerprint density at radius 1 is 1.00 bits per heavy atom. The van der Waals surface area contributed by atoms with E-state index in [4.69, 9.17) is 4.42 Å². The first-order valence-corrected chi connectivity index (χ1v) is 10.6. The molecule has 0 fully saturated rings. The Morgan fingerprint density at radius 3 is 2.45 bits per heavy atom. The van der Waals surface area contributed by atoms with E-state index in [2.05, 4.69) is 5.10 Å². The minimum absolute atomic E-state index is 0.0995. The second-order valence-electron chi connectivity index (χ2n) is 6.79. The maximum Gasteiger partial charge on any atom is 0.267 e. The Hall–Kier alpha value is -3.32. The summed E-state index contributed by atoms with van der Waals surface area (Å²) in [5, 5.41) is 4.25. The van der Waals surface area contributed by atoms with Gasteiger partial charge in [0.05, 0.1) is 31.2 Å². The summed E-state index contributed by atoms with van der Waals surface area (Å²) in [6.07, 6.45) is 4.49. The van der Waals surface area contributed by atoms with E-state index in [0.29, 0.717) is 18.0 Å². The van der Waals surface area contributed by atoms with Crippen LogP contribution in [-0.2, 0) is 23.1 Å². The first-order chi connectivity index (χ1) is 14.0. The largest absolute Gasteiger partial charge is 0.467 e. The van der Waals surface area contributed by atoms with Crippen molar-refractivity contribution in [2.45, 2.75) is 24.9 Å². The van der Waals surface area contributed by atoms with Crippen molar-refractivity contribution in [1.82, 2.24) is 9.78 Å². The van der Waals surface area contributed by atoms with Crippen molar-refractivity contribution in [2.24, 2.45) is 0 Å². The molecule has 2 aromatic heterocycles. The van der Waals surface area contributed by atoms with Crippen LogP contribution in [0, 0.1) is 6.92 Å². The SMILES string of the molecule is Cc1ccc(N(Cc2ccco2)S(=O)(=O)c2cnn(Cc3ccccc3)c2)cc1. The van der Waals surface area contributed by atoms with Crippen LogP contribution in [-0.4, -0.2) is 18.2 Å². The molecule has 0 bridgehead atoms. The lowest BCUT2D eigenvalue weighted by atomic mass is 10.2. The zero-order valence-electron chi connectivity index (χ0n) is 16.0. The summed E-state index contributed by atoms with van der Waals surface area (Å²) in [6.45, 7) is 2.56. The number of benzene rings is 2. The van der Waals surface area contributed by atoms with Crippen LogP contribution in [0.4, 0.5) is 5.69 Å². The van der Waals surface area contributed by atoms with Crippen LogP contribution in [0.15, 0.2) is 94.7 Å². The first kappa shape index (κ1) is 19.0. The third-order valence-electron chi connectivity index (χ3n) is 4.59. The fourth-order valence-electron chi connectivity index (χ4n) is 3.03. The third kappa shape index (κ3) is 4.25. The highest BCUT2D eigenvalue weighted by atomic mass is 32.2. The zero-order chi connectivity index (χ0) is 20.3.